The van der Waals surface area contributed by atoms with Crippen molar-refractivity contribution < 1.29 is 18.7 Å². The summed E-state index contributed by atoms with van der Waals surface area (Å²) in [5, 5.41) is 4.42. The highest BCUT2D eigenvalue weighted by molar-refractivity contribution is 6.32. The normalized spacial score (nSPS) is 20.7. The number of hydrogen-bond donors (Lipinski definition) is 1. The van der Waals surface area contributed by atoms with Gasteiger partial charge in [0.2, 0.25) is 5.82 Å². The molecule has 3 rings (SSSR count). The number of methoxy groups -OCH3 is 2. The maximum Gasteiger partial charge on any atom is 0.256 e. The molecular formula is C15H18ClN3O4. The SMILES string of the molecule is COc1cc(-c2noc([C@H]3OCC[C@H]3CN)n2)cc(Cl)c1OC. The molecule has 1 aromatic carbocycles. The van der Waals surface area contributed by atoms with Crippen LogP contribution in [0.1, 0.15) is 18.4 Å². The number of ether oxygens (including phenoxy) is 3. The quantitative estimate of drug-likeness (QED) is 0.894. The molecule has 0 spiro atoms. The predicted octanol–water partition coefficient (Wildman–Crippen LogP) is 2.44. The Morgan fingerprint density at radius 3 is 2.87 bits per heavy atom. The fourth-order valence-corrected chi connectivity index (χ4v) is 2.95. The summed E-state index contributed by atoms with van der Waals surface area (Å²) in [5.74, 6) is 1.99. The Kier molecular flexibility index (Phi) is 4.70. The van der Waals surface area contributed by atoms with Crippen molar-refractivity contribution in [3.63, 3.8) is 0 Å². The first kappa shape index (κ1) is 16.0. The fourth-order valence-electron chi connectivity index (χ4n) is 2.66. The van der Waals surface area contributed by atoms with Gasteiger partial charge in [0.1, 0.15) is 6.10 Å². The lowest BCUT2D eigenvalue weighted by Gasteiger charge is -2.11. The molecule has 1 aromatic heterocycles. The number of nitrogens with two attached hydrogens (primary N) is 1. The van der Waals surface area contributed by atoms with E-state index < -0.39 is 0 Å². The van der Waals surface area contributed by atoms with Gasteiger partial charge in [-0.3, -0.25) is 0 Å². The molecule has 0 saturated carbocycles. The van der Waals surface area contributed by atoms with Crippen LogP contribution < -0.4 is 15.2 Å². The lowest BCUT2D eigenvalue weighted by Crippen LogP contribution is -2.18. The molecule has 2 aromatic rings. The van der Waals surface area contributed by atoms with E-state index in [-0.39, 0.29) is 12.0 Å². The maximum absolute atomic E-state index is 6.21. The minimum Gasteiger partial charge on any atom is -0.493 e. The fraction of sp³-hybridized carbons (Fsp3) is 0.467. The van der Waals surface area contributed by atoms with E-state index in [1.807, 2.05) is 0 Å². The average molecular weight is 340 g/mol. The van der Waals surface area contributed by atoms with Crippen molar-refractivity contribution in [3.05, 3.63) is 23.0 Å². The van der Waals surface area contributed by atoms with Gasteiger partial charge in [-0.2, -0.15) is 4.98 Å². The van der Waals surface area contributed by atoms with Gasteiger partial charge < -0.3 is 24.5 Å². The summed E-state index contributed by atoms with van der Waals surface area (Å²) in [6.07, 6.45) is 0.637. The molecule has 8 heteroatoms. The molecule has 0 bridgehead atoms. The number of rotatable bonds is 5. The van der Waals surface area contributed by atoms with E-state index in [9.17, 15) is 0 Å². The van der Waals surface area contributed by atoms with Gasteiger partial charge in [0.15, 0.2) is 11.5 Å². The van der Waals surface area contributed by atoms with E-state index in [4.69, 9.17) is 36.1 Å². The molecule has 2 atom stereocenters. The van der Waals surface area contributed by atoms with Crippen molar-refractivity contribution in [1.29, 1.82) is 0 Å². The van der Waals surface area contributed by atoms with Gasteiger partial charge in [-0.05, 0) is 25.1 Å². The molecule has 0 unspecified atom stereocenters. The Balaban J connectivity index is 1.93. The molecule has 0 amide bonds. The van der Waals surface area contributed by atoms with Crippen molar-refractivity contribution in [2.24, 2.45) is 11.7 Å². The minimum atomic E-state index is -0.253. The van der Waals surface area contributed by atoms with Crippen molar-refractivity contribution in [2.75, 3.05) is 27.4 Å². The monoisotopic (exact) mass is 339 g/mol. The van der Waals surface area contributed by atoms with Gasteiger partial charge >= 0.3 is 0 Å². The number of benzene rings is 1. The van der Waals surface area contributed by atoms with Gasteiger partial charge in [0.05, 0.1) is 19.2 Å². The zero-order valence-corrected chi connectivity index (χ0v) is 13.7. The van der Waals surface area contributed by atoms with Crippen LogP contribution in [0.25, 0.3) is 11.4 Å². The summed E-state index contributed by atoms with van der Waals surface area (Å²) in [7, 11) is 3.07. The van der Waals surface area contributed by atoms with E-state index >= 15 is 0 Å². The highest BCUT2D eigenvalue weighted by atomic mass is 35.5. The molecule has 7 nitrogen and oxygen atoms in total. The first-order valence-corrected chi connectivity index (χ1v) is 7.63. The molecule has 23 heavy (non-hydrogen) atoms. The van der Waals surface area contributed by atoms with E-state index in [1.165, 1.54) is 14.2 Å². The minimum absolute atomic E-state index is 0.192. The van der Waals surface area contributed by atoms with E-state index in [1.54, 1.807) is 12.1 Å². The maximum atomic E-state index is 6.21. The van der Waals surface area contributed by atoms with Crippen molar-refractivity contribution in [1.82, 2.24) is 10.1 Å². The van der Waals surface area contributed by atoms with Crippen molar-refractivity contribution in [3.8, 4) is 22.9 Å². The Labute approximate surface area is 138 Å². The van der Waals surface area contributed by atoms with Crippen LogP contribution >= 0.6 is 11.6 Å². The molecule has 124 valence electrons. The third-order valence-electron chi connectivity index (χ3n) is 3.89. The summed E-state index contributed by atoms with van der Waals surface area (Å²) in [4.78, 5) is 4.42. The zero-order chi connectivity index (χ0) is 16.4. The van der Waals surface area contributed by atoms with Crippen molar-refractivity contribution in [2.45, 2.75) is 12.5 Å². The third-order valence-corrected chi connectivity index (χ3v) is 4.17. The number of nitrogens with zero attached hydrogens (tertiary/aromatic N) is 2. The van der Waals surface area contributed by atoms with E-state index in [0.29, 0.717) is 47.0 Å². The van der Waals surface area contributed by atoms with Gasteiger partial charge in [0, 0.05) is 18.1 Å². The summed E-state index contributed by atoms with van der Waals surface area (Å²) in [5.41, 5.74) is 6.42. The van der Waals surface area contributed by atoms with Gasteiger partial charge in [-0.25, -0.2) is 0 Å². The van der Waals surface area contributed by atoms with Gasteiger partial charge in [-0.15, -0.1) is 0 Å². The third kappa shape index (κ3) is 2.99. The number of halogens is 1. The van der Waals surface area contributed by atoms with Crippen LogP contribution in [0.3, 0.4) is 0 Å². The second kappa shape index (κ2) is 6.74. The largest absolute Gasteiger partial charge is 0.493 e. The first-order valence-electron chi connectivity index (χ1n) is 7.25. The van der Waals surface area contributed by atoms with Crippen LogP contribution in [0, 0.1) is 5.92 Å². The molecule has 1 aliphatic heterocycles. The Morgan fingerprint density at radius 1 is 1.35 bits per heavy atom. The first-order chi connectivity index (χ1) is 11.2. The molecule has 1 aliphatic rings. The average Bonchev–Trinajstić information content (AvgIpc) is 3.22. The van der Waals surface area contributed by atoms with Crippen LogP contribution in [0.2, 0.25) is 5.02 Å². The van der Waals surface area contributed by atoms with Gasteiger partial charge in [-0.1, -0.05) is 16.8 Å². The van der Waals surface area contributed by atoms with Crippen LogP contribution in [-0.4, -0.2) is 37.5 Å². The number of aromatic nitrogens is 2. The Hall–Kier alpha value is -1.83. The van der Waals surface area contributed by atoms with Crippen LogP contribution in [0.4, 0.5) is 0 Å². The summed E-state index contributed by atoms with van der Waals surface area (Å²) < 4.78 is 21.5. The molecule has 0 aliphatic carbocycles. The van der Waals surface area contributed by atoms with Crippen molar-refractivity contribution >= 4 is 11.6 Å². The van der Waals surface area contributed by atoms with E-state index in [0.717, 1.165) is 6.42 Å². The Bertz CT molecular complexity index is 691. The van der Waals surface area contributed by atoms with E-state index in [2.05, 4.69) is 10.1 Å². The molecule has 2 N–H and O–H groups in total. The lowest BCUT2D eigenvalue weighted by molar-refractivity contribution is 0.0642. The molecule has 1 saturated heterocycles. The highest BCUT2D eigenvalue weighted by Gasteiger charge is 2.33. The summed E-state index contributed by atoms with van der Waals surface area (Å²) in [6.45, 7) is 1.16. The highest BCUT2D eigenvalue weighted by Crippen LogP contribution is 2.39. The zero-order valence-electron chi connectivity index (χ0n) is 12.9. The molecule has 0 radical (unpaired) electrons. The summed E-state index contributed by atoms with van der Waals surface area (Å²) in [6, 6.07) is 3.45. The lowest BCUT2D eigenvalue weighted by atomic mass is 10.0. The molecule has 2 heterocycles. The smallest absolute Gasteiger partial charge is 0.256 e. The standard InChI is InChI=1S/C15H18ClN3O4/c1-20-11-6-9(5-10(16)13(11)21-2)14-18-15(23-19-14)12-8(7-17)3-4-22-12/h5-6,8,12H,3-4,7,17H2,1-2H3/t8-,12-/m0/s1. The Morgan fingerprint density at radius 2 is 2.17 bits per heavy atom. The second-order valence-corrected chi connectivity index (χ2v) is 5.63. The van der Waals surface area contributed by atoms with Gasteiger partial charge in [0.25, 0.3) is 5.89 Å². The van der Waals surface area contributed by atoms with Crippen LogP contribution in [0.5, 0.6) is 11.5 Å². The number of hydrogen-bond acceptors (Lipinski definition) is 7. The topological polar surface area (TPSA) is 92.6 Å². The second-order valence-electron chi connectivity index (χ2n) is 5.23. The van der Waals surface area contributed by atoms with Crippen LogP contribution in [0.15, 0.2) is 16.7 Å². The summed E-state index contributed by atoms with van der Waals surface area (Å²) >= 11 is 6.21. The molecular weight excluding hydrogens is 322 g/mol. The predicted molar refractivity (Wildman–Crippen MR) is 83.7 cm³/mol. The van der Waals surface area contributed by atoms with Crippen LogP contribution in [-0.2, 0) is 4.74 Å². The molecule has 1 fully saturated rings.